The molecule has 4 nitrogen and oxygen atoms in total. The Kier molecular flexibility index (Phi) is 5.41. The molecule has 0 saturated carbocycles. The second kappa shape index (κ2) is 8.37. The first kappa shape index (κ1) is 20.7. The summed E-state index contributed by atoms with van der Waals surface area (Å²) in [5.74, 6) is 0. The third-order valence-corrected chi connectivity index (χ3v) is 7.07. The number of benzene rings is 3. The number of hydrogen-bond donors (Lipinski definition) is 2. The summed E-state index contributed by atoms with van der Waals surface area (Å²) in [5.41, 5.74) is 4.46. The van der Waals surface area contributed by atoms with E-state index in [1.807, 2.05) is 61.0 Å². The molecule has 158 valence electrons. The van der Waals surface area contributed by atoms with E-state index in [2.05, 4.69) is 9.97 Å². The third-order valence-electron chi connectivity index (χ3n) is 5.58. The van der Waals surface area contributed by atoms with E-state index < -0.39 is 0 Å². The number of aromatic nitrogens is 2. The highest BCUT2D eigenvalue weighted by atomic mass is 32.2. The number of aromatic amines is 2. The number of thioether (sulfide) groups is 2. The summed E-state index contributed by atoms with van der Waals surface area (Å²) in [6.45, 7) is 0. The van der Waals surface area contributed by atoms with Crippen molar-refractivity contribution in [3.05, 3.63) is 93.2 Å². The van der Waals surface area contributed by atoms with Crippen LogP contribution in [0.5, 0.6) is 0 Å². The van der Waals surface area contributed by atoms with E-state index in [-0.39, 0.29) is 10.9 Å². The van der Waals surface area contributed by atoms with E-state index in [4.69, 9.17) is 0 Å². The van der Waals surface area contributed by atoms with Crippen molar-refractivity contribution in [3.63, 3.8) is 0 Å². The molecule has 0 spiro atoms. The maximum absolute atomic E-state index is 12.9. The molecular formula is C26H20N2O2S2. The van der Waals surface area contributed by atoms with Crippen molar-refractivity contribution < 1.29 is 0 Å². The van der Waals surface area contributed by atoms with Gasteiger partial charge in [-0.2, -0.15) is 0 Å². The topological polar surface area (TPSA) is 65.7 Å². The van der Waals surface area contributed by atoms with Crippen molar-refractivity contribution in [1.82, 2.24) is 9.97 Å². The Labute approximate surface area is 193 Å². The lowest BCUT2D eigenvalue weighted by atomic mass is 10.1. The fraction of sp³-hybridized carbons (Fsp3) is 0.0769. The minimum atomic E-state index is -0.0832. The van der Waals surface area contributed by atoms with Crippen LogP contribution >= 0.6 is 23.5 Å². The van der Waals surface area contributed by atoms with Gasteiger partial charge in [-0.3, -0.25) is 9.59 Å². The largest absolute Gasteiger partial charge is 0.354 e. The molecule has 5 aromatic rings. The molecule has 0 radical (unpaired) electrons. The number of rotatable bonds is 4. The molecule has 0 aliphatic heterocycles. The minimum Gasteiger partial charge on any atom is -0.354 e. The van der Waals surface area contributed by atoms with Crippen molar-refractivity contribution in [2.24, 2.45) is 0 Å². The Morgan fingerprint density at radius 1 is 0.562 bits per heavy atom. The van der Waals surface area contributed by atoms with Crippen molar-refractivity contribution in [2.45, 2.75) is 9.79 Å². The van der Waals surface area contributed by atoms with Gasteiger partial charge < -0.3 is 9.97 Å². The Balaban J connectivity index is 1.65. The van der Waals surface area contributed by atoms with Crippen LogP contribution in [0.4, 0.5) is 0 Å². The summed E-state index contributed by atoms with van der Waals surface area (Å²) in [5, 5.41) is 1.10. The van der Waals surface area contributed by atoms with E-state index >= 15 is 0 Å². The Hall–Kier alpha value is -3.22. The molecule has 0 fully saturated rings. The zero-order chi connectivity index (χ0) is 22.2. The molecule has 0 saturated heterocycles. The molecular weight excluding hydrogens is 436 g/mol. The Morgan fingerprint density at radius 2 is 0.938 bits per heavy atom. The Bertz CT molecular complexity index is 1450. The number of pyridine rings is 2. The zero-order valence-electron chi connectivity index (χ0n) is 17.6. The molecule has 2 aromatic heterocycles. The molecule has 2 N–H and O–H groups in total. The van der Waals surface area contributed by atoms with Crippen LogP contribution in [0.2, 0.25) is 0 Å². The molecule has 0 aliphatic rings. The molecule has 2 heterocycles. The smallest absolute Gasteiger partial charge is 0.190 e. The van der Waals surface area contributed by atoms with E-state index in [0.717, 1.165) is 32.3 Å². The number of hydrogen-bond acceptors (Lipinski definition) is 4. The van der Waals surface area contributed by atoms with Gasteiger partial charge in [-0.1, -0.05) is 24.3 Å². The average Bonchev–Trinajstić information content (AvgIpc) is 2.83. The van der Waals surface area contributed by atoms with Crippen LogP contribution in [0.15, 0.2) is 92.2 Å². The van der Waals surface area contributed by atoms with Crippen molar-refractivity contribution >= 4 is 45.3 Å². The second-order valence-electron chi connectivity index (χ2n) is 7.49. The van der Waals surface area contributed by atoms with Gasteiger partial charge in [-0.15, -0.1) is 23.5 Å². The Morgan fingerprint density at radius 3 is 1.28 bits per heavy atom. The molecule has 3 aromatic carbocycles. The molecule has 5 rings (SSSR count). The summed E-state index contributed by atoms with van der Waals surface area (Å²) in [7, 11) is 0. The van der Waals surface area contributed by atoms with Crippen molar-refractivity contribution in [3.8, 4) is 22.5 Å². The summed E-state index contributed by atoms with van der Waals surface area (Å²) in [6.07, 6.45) is 4.06. The maximum atomic E-state index is 12.9. The van der Waals surface area contributed by atoms with Crippen molar-refractivity contribution in [2.75, 3.05) is 12.5 Å². The predicted molar refractivity (Wildman–Crippen MR) is 137 cm³/mol. The van der Waals surface area contributed by atoms with Crippen LogP contribution in [-0.2, 0) is 0 Å². The highest BCUT2D eigenvalue weighted by Gasteiger charge is 2.10. The van der Waals surface area contributed by atoms with Crippen LogP contribution in [0.1, 0.15) is 0 Å². The number of fused-ring (bicyclic) bond motifs is 2. The van der Waals surface area contributed by atoms with Gasteiger partial charge in [0.25, 0.3) is 0 Å². The van der Waals surface area contributed by atoms with Gasteiger partial charge in [0, 0.05) is 44.1 Å². The molecule has 0 unspecified atom stereocenters. The number of H-pyrrole nitrogens is 2. The lowest BCUT2D eigenvalue weighted by Crippen LogP contribution is -2.07. The van der Waals surface area contributed by atoms with E-state index in [0.29, 0.717) is 21.8 Å². The third kappa shape index (κ3) is 3.76. The quantitative estimate of drug-likeness (QED) is 0.252. The predicted octanol–water partition coefficient (Wildman–Crippen LogP) is 6.15. The SMILES string of the molecule is CSc1ccc(-c2cc(=O)c3cc4[nH]c(-c5ccc(SC)cc5)cc(=O)c4cc3[nH]2)cc1. The number of nitrogens with one attached hydrogen (secondary N) is 2. The van der Waals surface area contributed by atoms with Crippen molar-refractivity contribution in [1.29, 1.82) is 0 Å². The van der Waals surface area contributed by atoms with Gasteiger partial charge in [-0.05, 0) is 60.0 Å². The molecule has 0 aliphatic carbocycles. The normalized spacial score (nSPS) is 11.3. The first-order valence-corrected chi connectivity index (χ1v) is 12.5. The molecule has 0 bridgehead atoms. The van der Waals surface area contributed by atoms with Gasteiger partial charge in [0.15, 0.2) is 10.9 Å². The molecule has 6 heteroatoms. The first-order valence-electron chi connectivity index (χ1n) is 10.1. The monoisotopic (exact) mass is 456 g/mol. The van der Waals surface area contributed by atoms with Crippen LogP contribution in [-0.4, -0.2) is 22.5 Å². The van der Waals surface area contributed by atoms with E-state index in [1.165, 1.54) is 0 Å². The van der Waals surface area contributed by atoms with E-state index in [1.54, 1.807) is 47.8 Å². The van der Waals surface area contributed by atoms with Gasteiger partial charge in [0.05, 0.1) is 11.0 Å². The zero-order valence-corrected chi connectivity index (χ0v) is 19.2. The van der Waals surface area contributed by atoms with Crippen LogP contribution in [0.25, 0.3) is 44.3 Å². The van der Waals surface area contributed by atoms with Gasteiger partial charge in [0.1, 0.15) is 0 Å². The molecule has 32 heavy (non-hydrogen) atoms. The lowest BCUT2D eigenvalue weighted by molar-refractivity contribution is 1.35. The fourth-order valence-corrected chi connectivity index (χ4v) is 4.66. The maximum Gasteiger partial charge on any atom is 0.190 e. The van der Waals surface area contributed by atoms with Crippen LogP contribution in [0.3, 0.4) is 0 Å². The van der Waals surface area contributed by atoms with Crippen LogP contribution in [0, 0.1) is 0 Å². The standard InChI is InChI=1S/C26H20N2O2S2/c1-31-17-7-3-15(4-8-17)21-13-25(29)19-12-24-20(11-23(19)27-21)26(30)14-22(28-24)16-5-9-18(32-2)10-6-16/h3-14H,1-2H3,(H,27,29)(H,28,30). The minimum absolute atomic E-state index is 0.0832. The average molecular weight is 457 g/mol. The second-order valence-corrected chi connectivity index (χ2v) is 9.25. The summed E-state index contributed by atoms with van der Waals surface area (Å²) < 4.78 is 0. The van der Waals surface area contributed by atoms with Crippen LogP contribution < -0.4 is 10.9 Å². The fourth-order valence-electron chi connectivity index (χ4n) is 3.85. The van der Waals surface area contributed by atoms with Gasteiger partial charge in [0.2, 0.25) is 0 Å². The summed E-state index contributed by atoms with van der Waals surface area (Å²) >= 11 is 3.34. The highest BCUT2D eigenvalue weighted by molar-refractivity contribution is 7.98. The van der Waals surface area contributed by atoms with Gasteiger partial charge >= 0.3 is 0 Å². The first-order chi connectivity index (χ1) is 15.6. The molecule has 0 atom stereocenters. The van der Waals surface area contributed by atoms with E-state index in [9.17, 15) is 9.59 Å². The summed E-state index contributed by atoms with van der Waals surface area (Å²) in [4.78, 5) is 34.9. The highest BCUT2D eigenvalue weighted by Crippen LogP contribution is 2.26. The summed E-state index contributed by atoms with van der Waals surface area (Å²) in [6, 6.07) is 22.9. The molecule has 0 amide bonds. The lowest BCUT2D eigenvalue weighted by Gasteiger charge is -2.09. The van der Waals surface area contributed by atoms with Gasteiger partial charge in [-0.25, -0.2) is 0 Å².